The Kier molecular flexibility index (Phi) is 9.36. The maximum Gasteiger partial charge on any atom is 0.246 e. The van der Waals surface area contributed by atoms with E-state index in [0.717, 1.165) is 44.8 Å². The van der Waals surface area contributed by atoms with Crippen LogP contribution in [0.15, 0.2) is 24.3 Å². The monoisotopic (exact) mass is 414 g/mol. The molecule has 3 rings (SSSR count). The SMILES string of the molecule is CC(C)c1ccc(CCN(C)C2CCN(c3n[nH]c(N)n3)CC2)cc1.Cl.Cl. The summed E-state index contributed by atoms with van der Waals surface area (Å²) < 4.78 is 0. The maximum atomic E-state index is 5.62. The Bertz CT molecular complexity index is 665. The van der Waals surface area contributed by atoms with E-state index in [2.05, 4.69) is 70.1 Å². The first-order valence-corrected chi connectivity index (χ1v) is 9.25. The highest BCUT2D eigenvalue weighted by Gasteiger charge is 2.24. The lowest BCUT2D eigenvalue weighted by atomic mass is 10.00. The molecule has 6 nitrogen and oxygen atoms in total. The molecule has 1 aliphatic heterocycles. The highest BCUT2D eigenvalue weighted by Crippen LogP contribution is 2.20. The van der Waals surface area contributed by atoms with Gasteiger partial charge in [-0.1, -0.05) is 38.1 Å². The van der Waals surface area contributed by atoms with Gasteiger partial charge in [-0.25, -0.2) is 5.10 Å². The van der Waals surface area contributed by atoms with Crippen LogP contribution in [0, 0.1) is 0 Å². The maximum absolute atomic E-state index is 5.62. The van der Waals surface area contributed by atoms with Crippen LogP contribution in [0.3, 0.4) is 0 Å². The van der Waals surface area contributed by atoms with Gasteiger partial charge in [0.05, 0.1) is 0 Å². The number of rotatable bonds is 6. The summed E-state index contributed by atoms with van der Waals surface area (Å²) in [4.78, 5) is 8.93. The number of aromatic amines is 1. The Balaban J connectivity index is 0.00000182. The lowest BCUT2D eigenvalue weighted by Gasteiger charge is -2.36. The van der Waals surface area contributed by atoms with Gasteiger partial charge >= 0.3 is 0 Å². The third-order valence-electron chi connectivity index (χ3n) is 5.26. The first-order chi connectivity index (χ1) is 12.0. The first-order valence-electron chi connectivity index (χ1n) is 9.25. The Morgan fingerprint density at radius 1 is 1.19 bits per heavy atom. The molecule has 8 heteroatoms. The van der Waals surface area contributed by atoms with E-state index in [4.69, 9.17) is 5.73 Å². The van der Waals surface area contributed by atoms with Crippen molar-refractivity contribution in [2.75, 3.05) is 37.3 Å². The van der Waals surface area contributed by atoms with E-state index in [1.165, 1.54) is 11.1 Å². The minimum atomic E-state index is 0. The number of aromatic nitrogens is 3. The minimum Gasteiger partial charge on any atom is -0.368 e. The largest absolute Gasteiger partial charge is 0.368 e. The Morgan fingerprint density at radius 2 is 1.81 bits per heavy atom. The molecule has 0 saturated carbocycles. The summed E-state index contributed by atoms with van der Waals surface area (Å²) in [5, 5.41) is 6.87. The molecule has 1 saturated heterocycles. The summed E-state index contributed by atoms with van der Waals surface area (Å²) in [5.74, 6) is 1.71. The minimum absolute atomic E-state index is 0. The molecular weight excluding hydrogens is 383 g/mol. The van der Waals surface area contributed by atoms with Gasteiger partial charge in [-0.2, -0.15) is 4.98 Å². The lowest BCUT2D eigenvalue weighted by molar-refractivity contribution is 0.209. The molecule has 1 aromatic carbocycles. The summed E-state index contributed by atoms with van der Waals surface area (Å²) in [5.41, 5.74) is 8.45. The molecule has 2 heterocycles. The second kappa shape index (κ2) is 10.7. The van der Waals surface area contributed by atoms with E-state index in [1.807, 2.05) is 0 Å². The fraction of sp³-hybridized carbons (Fsp3) is 0.579. The number of hydrogen-bond donors (Lipinski definition) is 2. The van der Waals surface area contributed by atoms with Crippen molar-refractivity contribution in [3.63, 3.8) is 0 Å². The molecule has 3 N–H and O–H groups in total. The van der Waals surface area contributed by atoms with Crippen LogP contribution >= 0.6 is 24.8 Å². The highest BCUT2D eigenvalue weighted by molar-refractivity contribution is 5.85. The second-order valence-electron chi connectivity index (χ2n) is 7.37. The Labute approximate surface area is 174 Å². The Morgan fingerprint density at radius 3 is 2.33 bits per heavy atom. The topological polar surface area (TPSA) is 74.1 Å². The predicted molar refractivity (Wildman–Crippen MR) is 117 cm³/mol. The average molecular weight is 415 g/mol. The van der Waals surface area contributed by atoms with E-state index in [9.17, 15) is 0 Å². The first kappa shape index (κ1) is 23.5. The van der Waals surface area contributed by atoms with Crippen LogP contribution in [-0.2, 0) is 6.42 Å². The molecule has 2 aromatic rings. The number of nitrogens with one attached hydrogen (secondary N) is 1. The van der Waals surface area contributed by atoms with E-state index < -0.39 is 0 Å². The third-order valence-corrected chi connectivity index (χ3v) is 5.26. The van der Waals surface area contributed by atoms with Gasteiger partial charge in [-0.05, 0) is 43.4 Å². The molecular formula is C19H32Cl2N6. The number of H-pyrrole nitrogens is 1. The van der Waals surface area contributed by atoms with Gasteiger partial charge in [0.2, 0.25) is 11.9 Å². The Hall–Kier alpha value is -1.50. The molecule has 27 heavy (non-hydrogen) atoms. The number of hydrogen-bond acceptors (Lipinski definition) is 5. The van der Waals surface area contributed by atoms with Crippen LogP contribution in [0.5, 0.6) is 0 Å². The van der Waals surface area contributed by atoms with Gasteiger partial charge in [-0.15, -0.1) is 29.9 Å². The zero-order valence-electron chi connectivity index (χ0n) is 16.4. The number of nitrogen functional groups attached to an aromatic ring is 1. The number of likely N-dealkylation sites (N-methyl/N-ethyl adjacent to an activating group) is 1. The number of halogens is 2. The normalized spacial score (nSPS) is 14.9. The number of benzene rings is 1. The quantitative estimate of drug-likeness (QED) is 0.756. The molecule has 0 bridgehead atoms. The molecule has 0 aliphatic carbocycles. The van der Waals surface area contributed by atoms with Crippen LogP contribution in [0.2, 0.25) is 0 Å². The van der Waals surface area contributed by atoms with Gasteiger partial charge < -0.3 is 15.5 Å². The number of piperidine rings is 1. The van der Waals surface area contributed by atoms with Crippen molar-refractivity contribution in [1.29, 1.82) is 0 Å². The van der Waals surface area contributed by atoms with Gasteiger partial charge in [-0.3, -0.25) is 0 Å². The van der Waals surface area contributed by atoms with Crippen molar-refractivity contribution >= 4 is 36.7 Å². The van der Waals surface area contributed by atoms with Crippen molar-refractivity contribution in [3.05, 3.63) is 35.4 Å². The number of nitrogens with two attached hydrogens (primary N) is 1. The molecule has 0 unspecified atom stereocenters. The van der Waals surface area contributed by atoms with E-state index in [1.54, 1.807) is 0 Å². The summed E-state index contributed by atoms with van der Waals surface area (Å²) in [7, 11) is 2.24. The fourth-order valence-electron chi connectivity index (χ4n) is 3.47. The van der Waals surface area contributed by atoms with Crippen LogP contribution < -0.4 is 10.6 Å². The molecule has 0 amide bonds. The lowest BCUT2D eigenvalue weighted by Crippen LogP contribution is -2.44. The summed E-state index contributed by atoms with van der Waals surface area (Å²) in [6.45, 7) is 7.54. The third kappa shape index (κ3) is 6.26. The van der Waals surface area contributed by atoms with Crippen LogP contribution in [0.25, 0.3) is 0 Å². The molecule has 1 aliphatic rings. The van der Waals surface area contributed by atoms with Gasteiger partial charge in [0.1, 0.15) is 0 Å². The van der Waals surface area contributed by atoms with Crippen molar-refractivity contribution in [1.82, 2.24) is 20.1 Å². The molecule has 152 valence electrons. The standard InChI is InChI=1S/C19H30N6.2ClH/c1-14(2)16-6-4-15(5-7-16)8-11-24(3)17-9-12-25(13-10-17)19-21-18(20)22-23-19;;/h4-7,14,17H,8-13H2,1-3H3,(H3,20,21,22,23);2*1H. The van der Waals surface area contributed by atoms with E-state index >= 15 is 0 Å². The van der Waals surface area contributed by atoms with Crippen LogP contribution in [0.4, 0.5) is 11.9 Å². The van der Waals surface area contributed by atoms with Crippen LogP contribution in [0.1, 0.15) is 43.7 Å². The van der Waals surface area contributed by atoms with Crippen molar-refractivity contribution in [2.24, 2.45) is 0 Å². The molecule has 1 fully saturated rings. The second-order valence-corrected chi connectivity index (χ2v) is 7.37. The van der Waals surface area contributed by atoms with Crippen molar-refractivity contribution in [2.45, 2.75) is 45.1 Å². The highest BCUT2D eigenvalue weighted by atomic mass is 35.5. The number of anilines is 2. The average Bonchev–Trinajstić information content (AvgIpc) is 3.06. The molecule has 0 radical (unpaired) electrons. The van der Waals surface area contributed by atoms with Crippen molar-refractivity contribution in [3.8, 4) is 0 Å². The molecule has 1 aromatic heterocycles. The summed E-state index contributed by atoms with van der Waals surface area (Å²) >= 11 is 0. The van der Waals surface area contributed by atoms with Gasteiger partial charge in [0.15, 0.2) is 0 Å². The zero-order valence-corrected chi connectivity index (χ0v) is 18.0. The van der Waals surface area contributed by atoms with Gasteiger partial charge in [0, 0.05) is 25.7 Å². The van der Waals surface area contributed by atoms with Gasteiger partial charge in [0.25, 0.3) is 0 Å². The molecule has 0 atom stereocenters. The fourth-order valence-corrected chi connectivity index (χ4v) is 3.47. The van der Waals surface area contributed by atoms with Crippen molar-refractivity contribution < 1.29 is 0 Å². The summed E-state index contributed by atoms with van der Waals surface area (Å²) in [6.07, 6.45) is 3.38. The van der Waals surface area contributed by atoms with Crippen LogP contribution in [-0.4, -0.2) is 52.8 Å². The van der Waals surface area contributed by atoms with E-state index in [0.29, 0.717) is 17.9 Å². The predicted octanol–water partition coefficient (Wildman–Crippen LogP) is 3.50. The summed E-state index contributed by atoms with van der Waals surface area (Å²) in [6, 6.07) is 9.71. The number of nitrogens with zero attached hydrogens (tertiary/aromatic N) is 4. The molecule has 0 spiro atoms. The zero-order chi connectivity index (χ0) is 17.8. The van der Waals surface area contributed by atoms with E-state index in [-0.39, 0.29) is 24.8 Å². The smallest absolute Gasteiger partial charge is 0.246 e.